The van der Waals surface area contributed by atoms with Crippen molar-refractivity contribution in [3.8, 4) is 11.3 Å². The van der Waals surface area contributed by atoms with Crippen LogP contribution in [-0.4, -0.2) is 23.4 Å². The third-order valence-corrected chi connectivity index (χ3v) is 3.43. The maximum atomic E-state index is 13.4. The van der Waals surface area contributed by atoms with Crippen molar-refractivity contribution < 1.29 is 4.39 Å². The second kappa shape index (κ2) is 5.53. The summed E-state index contributed by atoms with van der Waals surface area (Å²) in [7, 11) is 3.87. The normalized spacial score (nSPS) is 11.0. The molecule has 3 nitrogen and oxygen atoms in total. The summed E-state index contributed by atoms with van der Waals surface area (Å²) in [4.78, 5) is 0. The van der Waals surface area contributed by atoms with E-state index in [4.69, 9.17) is 0 Å². The SMILES string of the molecule is CNCCc1nn(C)c(-c2ccc(F)c(C)c2)c1C. The van der Waals surface area contributed by atoms with E-state index in [1.54, 1.807) is 6.92 Å². The van der Waals surface area contributed by atoms with Gasteiger partial charge in [0.1, 0.15) is 5.82 Å². The number of nitrogens with zero attached hydrogens (tertiary/aromatic N) is 2. The van der Waals surface area contributed by atoms with Crippen LogP contribution < -0.4 is 5.32 Å². The molecule has 4 heteroatoms. The molecule has 1 aromatic carbocycles. The quantitative estimate of drug-likeness (QED) is 0.917. The van der Waals surface area contributed by atoms with Gasteiger partial charge in [-0.1, -0.05) is 0 Å². The van der Waals surface area contributed by atoms with Gasteiger partial charge in [-0.2, -0.15) is 5.10 Å². The predicted molar refractivity (Wildman–Crippen MR) is 75.7 cm³/mol. The first-order valence-electron chi connectivity index (χ1n) is 6.48. The lowest BCUT2D eigenvalue weighted by Gasteiger charge is -2.06. The summed E-state index contributed by atoms with van der Waals surface area (Å²) in [6, 6.07) is 5.21. The highest BCUT2D eigenvalue weighted by atomic mass is 19.1. The number of hydrogen-bond acceptors (Lipinski definition) is 2. The highest BCUT2D eigenvalue weighted by Gasteiger charge is 2.14. The van der Waals surface area contributed by atoms with Gasteiger partial charge in [-0.25, -0.2) is 4.39 Å². The Balaban J connectivity index is 2.44. The molecule has 0 aliphatic rings. The first kappa shape index (κ1) is 13.7. The Morgan fingerprint density at radius 3 is 2.68 bits per heavy atom. The van der Waals surface area contributed by atoms with Crippen molar-refractivity contribution >= 4 is 0 Å². The molecule has 0 radical (unpaired) electrons. The number of rotatable bonds is 4. The van der Waals surface area contributed by atoms with Gasteiger partial charge in [-0.3, -0.25) is 4.68 Å². The Labute approximate surface area is 113 Å². The average Bonchev–Trinajstić information content (AvgIpc) is 2.65. The number of likely N-dealkylation sites (N-methyl/N-ethyl adjacent to an activating group) is 1. The molecule has 1 N–H and O–H groups in total. The van der Waals surface area contributed by atoms with Gasteiger partial charge in [0.2, 0.25) is 0 Å². The molecule has 2 rings (SSSR count). The van der Waals surface area contributed by atoms with Crippen LogP contribution in [0.25, 0.3) is 11.3 Å². The molecule has 102 valence electrons. The van der Waals surface area contributed by atoms with Crippen LogP contribution in [0.15, 0.2) is 18.2 Å². The van der Waals surface area contributed by atoms with Crippen molar-refractivity contribution in [3.05, 3.63) is 40.8 Å². The Morgan fingerprint density at radius 1 is 1.32 bits per heavy atom. The van der Waals surface area contributed by atoms with Gasteiger partial charge in [0.25, 0.3) is 0 Å². The van der Waals surface area contributed by atoms with Crippen LogP contribution in [0.1, 0.15) is 16.8 Å². The zero-order chi connectivity index (χ0) is 14.0. The monoisotopic (exact) mass is 261 g/mol. The van der Waals surface area contributed by atoms with E-state index in [9.17, 15) is 4.39 Å². The van der Waals surface area contributed by atoms with E-state index in [1.165, 1.54) is 11.6 Å². The summed E-state index contributed by atoms with van der Waals surface area (Å²) >= 11 is 0. The fraction of sp³-hybridized carbons (Fsp3) is 0.400. The van der Waals surface area contributed by atoms with E-state index in [2.05, 4.69) is 17.3 Å². The molecule has 0 fully saturated rings. The molecule has 0 unspecified atom stereocenters. The summed E-state index contributed by atoms with van der Waals surface area (Å²) in [5.41, 5.74) is 5.00. The number of benzene rings is 1. The van der Waals surface area contributed by atoms with Gasteiger partial charge < -0.3 is 5.32 Å². The topological polar surface area (TPSA) is 29.9 Å². The lowest BCUT2D eigenvalue weighted by atomic mass is 10.0. The minimum atomic E-state index is -0.168. The van der Waals surface area contributed by atoms with Crippen LogP contribution in [0, 0.1) is 19.7 Å². The number of aromatic nitrogens is 2. The lowest BCUT2D eigenvalue weighted by molar-refractivity contribution is 0.618. The van der Waals surface area contributed by atoms with Crippen LogP contribution in [0.2, 0.25) is 0 Å². The highest BCUT2D eigenvalue weighted by Crippen LogP contribution is 2.26. The van der Waals surface area contributed by atoms with Crippen molar-refractivity contribution in [2.75, 3.05) is 13.6 Å². The van der Waals surface area contributed by atoms with Crippen LogP contribution in [0.5, 0.6) is 0 Å². The van der Waals surface area contributed by atoms with Crippen molar-refractivity contribution in [2.45, 2.75) is 20.3 Å². The molecule has 0 atom stereocenters. The molecule has 0 aliphatic heterocycles. The molecule has 19 heavy (non-hydrogen) atoms. The number of nitrogens with one attached hydrogen (secondary N) is 1. The minimum absolute atomic E-state index is 0.168. The average molecular weight is 261 g/mol. The van der Waals surface area contributed by atoms with E-state index in [0.29, 0.717) is 5.56 Å². The maximum absolute atomic E-state index is 13.4. The second-order valence-corrected chi connectivity index (χ2v) is 4.86. The number of halogens is 1. The summed E-state index contributed by atoms with van der Waals surface area (Å²) in [5.74, 6) is -0.168. The van der Waals surface area contributed by atoms with Gasteiger partial charge in [0, 0.05) is 25.6 Å². The third kappa shape index (κ3) is 2.68. The molecule has 1 aromatic heterocycles. The standard InChI is InChI=1S/C15H20FN3/c1-10-9-12(5-6-13(10)16)15-11(2)14(7-8-17-3)18-19(15)4/h5-6,9,17H,7-8H2,1-4H3. The molecule has 0 saturated heterocycles. The second-order valence-electron chi connectivity index (χ2n) is 4.86. The fourth-order valence-electron chi connectivity index (χ4n) is 2.36. The van der Waals surface area contributed by atoms with Gasteiger partial charge in [0.05, 0.1) is 11.4 Å². The molecular formula is C15H20FN3. The smallest absolute Gasteiger partial charge is 0.126 e. The zero-order valence-electron chi connectivity index (χ0n) is 11.9. The van der Waals surface area contributed by atoms with Gasteiger partial charge in [-0.05, 0) is 50.2 Å². The van der Waals surface area contributed by atoms with Crippen LogP contribution >= 0.6 is 0 Å². The van der Waals surface area contributed by atoms with E-state index in [1.807, 2.05) is 30.9 Å². The van der Waals surface area contributed by atoms with Gasteiger partial charge >= 0.3 is 0 Å². The minimum Gasteiger partial charge on any atom is -0.319 e. The first-order valence-corrected chi connectivity index (χ1v) is 6.48. The van der Waals surface area contributed by atoms with Crippen LogP contribution in [0.4, 0.5) is 4.39 Å². The molecule has 1 heterocycles. The molecule has 0 spiro atoms. The lowest BCUT2D eigenvalue weighted by Crippen LogP contribution is -2.11. The zero-order valence-corrected chi connectivity index (χ0v) is 11.9. The Kier molecular flexibility index (Phi) is 4.00. The number of hydrogen-bond donors (Lipinski definition) is 1. The summed E-state index contributed by atoms with van der Waals surface area (Å²) in [6.07, 6.45) is 0.899. The third-order valence-electron chi connectivity index (χ3n) is 3.43. The summed E-state index contributed by atoms with van der Waals surface area (Å²) in [5, 5.41) is 7.69. The van der Waals surface area contributed by atoms with Gasteiger partial charge in [-0.15, -0.1) is 0 Å². The van der Waals surface area contributed by atoms with E-state index in [-0.39, 0.29) is 5.82 Å². The van der Waals surface area contributed by atoms with Crippen molar-refractivity contribution in [3.63, 3.8) is 0 Å². The molecule has 2 aromatic rings. The van der Waals surface area contributed by atoms with E-state index >= 15 is 0 Å². The van der Waals surface area contributed by atoms with Crippen LogP contribution in [0.3, 0.4) is 0 Å². The molecule has 0 aliphatic carbocycles. The van der Waals surface area contributed by atoms with Crippen molar-refractivity contribution in [2.24, 2.45) is 7.05 Å². The van der Waals surface area contributed by atoms with Crippen molar-refractivity contribution in [1.82, 2.24) is 15.1 Å². The molecular weight excluding hydrogens is 241 g/mol. The molecule has 0 bridgehead atoms. The fourth-order valence-corrected chi connectivity index (χ4v) is 2.36. The molecule has 0 amide bonds. The Bertz CT molecular complexity index is 587. The Hall–Kier alpha value is -1.68. The van der Waals surface area contributed by atoms with Crippen molar-refractivity contribution in [1.29, 1.82) is 0 Å². The highest BCUT2D eigenvalue weighted by molar-refractivity contribution is 5.65. The van der Waals surface area contributed by atoms with E-state index in [0.717, 1.165) is 29.9 Å². The number of aryl methyl sites for hydroxylation is 2. The summed E-state index contributed by atoms with van der Waals surface area (Å²) in [6.45, 7) is 4.76. The van der Waals surface area contributed by atoms with E-state index < -0.39 is 0 Å². The van der Waals surface area contributed by atoms with Crippen LogP contribution in [-0.2, 0) is 13.5 Å². The molecule has 0 saturated carbocycles. The largest absolute Gasteiger partial charge is 0.319 e. The Morgan fingerprint density at radius 2 is 2.05 bits per heavy atom. The van der Waals surface area contributed by atoms with Gasteiger partial charge in [0.15, 0.2) is 0 Å². The summed E-state index contributed by atoms with van der Waals surface area (Å²) < 4.78 is 15.2. The maximum Gasteiger partial charge on any atom is 0.126 e. The first-order chi connectivity index (χ1) is 9.04. The predicted octanol–water partition coefficient (Wildman–Crippen LogP) is 2.60.